The highest BCUT2D eigenvalue weighted by Crippen LogP contribution is 2.33. The van der Waals surface area contributed by atoms with Crippen LogP contribution in [-0.4, -0.2) is 118 Å². The van der Waals surface area contributed by atoms with Gasteiger partial charge in [0.15, 0.2) is 8.87 Å². The van der Waals surface area contributed by atoms with E-state index in [4.69, 9.17) is 9.90 Å². The molecule has 16 nitrogen and oxygen atoms in total. The van der Waals surface area contributed by atoms with Gasteiger partial charge >= 0.3 is 12.2 Å². The van der Waals surface area contributed by atoms with E-state index in [-0.39, 0.29) is 54.0 Å². The number of thioether (sulfide) groups is 1. The number of carboxylic acids is 1. The molecule has 4 atom stereocenters. The molecule has 55 heavy (non-hydrogen) atoms. The summed E-state index contributed by atoms with van der Waals surface area (Å²) in [5.74, 6) is -2.36. The van der Waals surface area contributed by atoms with Gasteiger partial charge < -0.3 is 47.5 Å². The molecule has 9 N–H and O–H groups in total. The predicted molar refractivity (Wildman–Crippen MR) is 202 cm³/mol. The number of rotatable bonds is 27. The van der Waals surface area contributed by atoms with E-state index in [0.29, 0.717) is 56.9 Å². The summed E-state index contributed by atoms with van der Waals surface area (Å²) >= 11 is 1.89. The molecule has 0 bridgehead atoms. The Bertz CT molecular complexity index is 1330. The Morgan fingerprint density at radius 2 is 1.42 bits per heavy atom. The molecule has 0 aromatic rings. The van der Waals surface area contributed by atoms with Crippen LogP contribution in [0.15, 0.2) is 0 Å². The third-order valence-corrected chi connectivity index (χ3v) is 12.6. The number of quaternary nitrogens is 1. The normalized spacial score (nSPS) is 18.1. The molecule has 2 aliphatic heterocycles. The summed E-state index contributed by atoms with van der Waals surface area (Å²) in [4.78, 5) is 69.8. The van der Waals surface area contributed by atoms with Crippen molar-refractivity contribution in [1.82, 2.24) is 31.9 Å². The molecule has 0 aliphatic carbocycles. The number of carbonyl (C=O) groups is 6. The van der Waals surface area contributed by atoms with Gasteiger partial charge in [-0.2, -0.15) is 24.9 Å². The van der Waals surface area contributed by atoms with E-state index < -0.39 is 27.1 Å². The van der Waals surface area contributed by atoms with Gasteiger partial charge in [0.1, 0.15) is 12.0 Å². The van der Waals surface area contributed by atoms with Gasteiger partial charge in [0.2, 0.25) is 23.6 Å². The number of hydrogen-bond acceptors (Lipinski definition) is 11. The second-order valence-electron chi connectivity index (χ2n) is 13.3. The van der Waals surface area contributed by atoms with Gasteiger partial charge in [-0.25, -0.2) is 13.2 Å². The first-order chi connectivity index (χ1) is 25.9. The minimum absolute atomic E-state index is 0.0352. The van der Waals surface area contributed by atoms with Crippen molar-refractivity contribution in [1.29, 1.82) is 0 Å². The summed E-state index contributed by atoms with van der Waals surface area (Å²) in [6.07, 6.45) is 6.57. The Morgan fingerprint density at radius 1 is 0.855 bits per heavy atom. The fraction of sp³-hybridized carbons (Fsp3) is 0.818. The Kier molecular flexibility index (Phi) is 25.1. The minimum atomic E-state index is -5.19. The number of fused-ring (bicyclic) bond motifs is 1. The molecule has 2 rings (SSSR count). The van der Waals surface area contributed by atoms with Crippen LogP contribution in [0.4, 0.5) is 18.0 Å². The lowest BCUT2D eigenvalue weighted by molar-refractivity contribution is -0.368. The number of carboxylic acid groups (broad SMARTS) is 1. The molecule has 0 spiro atoms. The third-order valence-electron chi connectivity index (χ3n) is 8.46. The average Bonchev–Trinajstić information content (AvgIpc) is 3.66. The lowest BCUT2D eigenvalue weighted by atomic mass is 10.0. The molecule has 2 fully saturated rings. The van der Waals surface area contributed by atoms with E-state index >= 15 is 0 Å². The molecule has 22 heteroatoms. The first kappa shape index (κ1) is 50.0. The van der Waals surface area contributed by atoms with Crippen molar-refractivity contribution >= 4 is 67.1 Å². The zero-order chi connectivity index (χ0) is 41.3. The topological polar surface area (TPSA) is 259 Å². The summed E-state index contributed by atoms with van der Waals surface area (Å²) < 4.78 is 54.2. The second kappa shape index (κ2) is 27.6. The Balaban J connectivity index is 0.00000196. The molecule has 0 aromatic heterocycles. The molecule has 3 unspecified atom stereocenters. The van der Waals surface area contributed by atoms with Crippen molar-refractivity contribution in [2.45, 2.75) is 126 Å². The van der Waals surface area contributed by atoms with E-state index in [1.54, 1.807) is 0 Å². The Hall–Kier alpha value is -2.98. The number of alkyl halides is 3. The van der Waals surface area contributed by atoms with E-state index in [9.17, 15) is 45.6 Å². The van der Waals surface area contributed by atoms with Crippen LogP contribution in [0.5, 0.6) is 0 Å². The van der Waals surface area contributed by atoms with Crippen LogP contribution in [0.1, 0.15) is 96.3 Å². The third kappa shape index (κ3) is 25.0. The number of amides is 6. The smallest absolute Gasteiger partial charge is 0.430 e. The number of nitrogens with one attached hydrogen (secondary N) is 6. The van der Waals surface area contributed by atoms with E-state index in [1.807, 2.05) is 11.8 Å². The fourth-order valence-corrected chi connectivity index (χ4v) is 8.82. The van der Waals surface area contributed by atoms with Gasteiger partial charge in [0.25, 0.3) is 0 Å². The summed E-state index contributed by atoms with van der Waals surface area (Å²) in [6.45, 7) is 2.06. The largest absolute Gasteiger partial charge is 0.542 e. The minimum Gasteiger partial charge on any atom is -0.542 e. The maximum absolute atomic E-state index is 12.7. The Labute approximate surface area is 329 Å². The molecule has 318 valence electrons. The molecule has 0 aromatic carbocycles. The number of unbranched alkanes of at least 4 members (excludes halogenated alkanes) is 6. The number of carbonyl (C=O) groups excluding carboxylic acids is 6. The second-order valence-corrected chi connectivity index (χ2v) is 19.1. The standard InChI is InChI=1S/C31H57N7O7S3.C2HF3O2/c1-48(44,45)47-21-20-35-30(42)23(36-28(41)16-4-2-9-17-32)12-8-11-19-34-26(39)14-5-3-10-18-33-27(40)15-7-6-13-25-29-24(22-46-25)37-31(43)38-29;3-2(4,5)1(6)7/h23-25,29H,2-22,32H2,1H3,(H,33,40)(H,34,39)(H,35,42)(H,36,41)(H2,37,38,43);(H,6,7)/t23-,24?,25?,29?;/m1./s1. The fourth-order valence-electron chi connectivity index (χ4n) is 5.63. The highest BCUT2D eigenvalue weighted by atomic mass is 33.1. The van der Waals surface area contributed by atoms with E-state index in [2.05, 4.69) is 37.6 Å². The first-order valence-electron chi connectivity index (χ1n) is 18.6. The van der Waals surface area contributed by atoms with Gasteiger partial charge in [0, 0.05) is 61.9 Å². The van der Waals surface area contributed by atoms with Crippen molar-refractivity contribution in [2.75, 3.05) is 43.9 Å². The summed E-state index contributed by atoms with van der Waals surface area (Å²) in [7, 11) is -2.43. The van der Waals surface area contributed by atoms with Gasteiger partial charge in [-0.1, -0.05) is 12.8 Å². The quantitative estimate of drug-likeness (QED) is 0.0331. The lowest BCUT2D eigenvalue weighted by Gasteiger charge is -2.18. The van der Waals surface area contributed by atoms with Crippen molar-refractivity contribution in [3.8, 4) is 0 Å². The van der Waals surface area contributed by atoms with Crippen molar-refractivity contribution in [3.63, 3.8) is 0 Å². The SMILES string of the molecule is CS(=O)(=O)SCCNC(=O)[C@@H](CCCCNC(=O)CCCCCNC(=O)CCCCC1SCC2NC(=O)NC21)NC(=O)CCCCC[NH3+].O=C([O-])C(F)(F)F. The zero-order valence-corrected chi connectivity index (χ0v) is 33.8. The molecule has 0 saturated carbocycles. The van der Waals surface area contributed by atoms with Crippen LogP contribution in [-0.2, 0) is 32.8 Å². The van der Waals surface area contributed by atoms with Gasteiger partial charge in [0.05, 0.1) is 18.6 Å². The number of urea groups is 1. The molecule has 2 heterocycles. The number of halogens is 3. The summed E-state index contributed by atoms with van der Waals surface area (Å²) in [5, 5.41) is 26.5. The van der Waals surface area contributed by atoms with Crippen molar-refractivity contribution < 1.29 is 61.2 Å². The number of aliphatic carboxylic acids is 1. The van der Waals surface area contributed by atoms with Crippen molar-refractivity contribution in [3.05, 3.63) is 0 Å². The van der Waals surface area contributed by atoms with Crippen LogP contribution in [0, 0.1) is 0 Å². The maximum atomic E-state index is 12.7. The van der Waals surface area contributed by atoms with Gasteiger partial charge in [-0.15, -0.1) is 0 Å². The number of hydrogen-bond donors (Lipinski definition) is 7. The van der Waals surface area contributed by atoms with Crippen LogP contribution < -0.4 is 42.7 Å². The van der Waals surface area contributed by atoms with Crippen LogP contribution in [0.2, 0.25) is 0 Å². The zero-order valence-electron chi connectivity index (χ0n) is 31.4. The molecule has 0 radical (unpaired) electrons. The monoisotopic (exact) mass is 849 g/mol. The van der Waals surface area contributed by atoms with Gasteiger partial charge in [-0.3, -0.25) is 19.2 Å². The van der Waals surface area contributed by atoms with Crippen LogP contribution in [0.3, 0.4) is 0 Å². The van der Waals surface area contributed by atoms with E-state index in [1.165, 1.54) is 0 Å². The van der Waals surface area contributed by atoms with Crippen LogP contribution in [0.25, 0.3) is 0 Å². The van der Waals surface area contributed by atoms with Crippen LogP contribution >= 0.6 is 22.6 Å². The molecular weight excluding hydrogens is 792 g/mol. The predicted octanol–water partition coefficient (Wildman–Crippen LogP) is 0.0700. The average molecular weight is 850 g/mol. The van der Waals surface area contributed by atoms with Crippen molar-refractivity contribution in [2.24, 2.45) is 0 Å². The van der Waals surface area contributed by atoms with E-state index in [0.717, 1.165) is 87.1 Å². The maximum Gasteiger partial charge on any atom is 0.430 e. The molecule has 2 saturated heterocycles. The molecule has 2 aliphatic rings. The molecule has 6 amide bonds. The summed E-state index contributed by atoms with van der Waals surface area (Å²) in [5.41, 5.74) is 3.80. The summed E-state index contributed by atoms with van der Waals surface area (Å²) in [6, 6.07) is -0.366. The Morgan fingerprint density at radius 3 is 2.00 bits per heavy atom. The highest BCUT2D eigenvalue weighted by molar-refractivity contribution is 8.71. The highest BCUT2D eigenvalue weighted by Gasteiger charge is 2.42. The molecular formula is C33H58F3N7O9S3. The van der Waals surface area contributed by atoms with Gasteiger partial charge in [-0.05, 0) is 75.0 Å². The first-order valence-corrected chi connectivity index (χ1v) is 23.1. The lowest BCUT2D eigenvalue weighted by Crippen LogP contribution is -2.50.